The highest BCUT2D eigenvalue weighted by Gasteiger charge is 2.09. The van der Waals surface area contributed by atoms with Gasteiger partial charge < -0.3 is 19.7 Å². The topological polar surface area (TPSA) is 110 Å². The number of hydrogen-bond acceptors (Lipinski definition) is 5. The molecule has 0 unspecified atom stereocenters. The summed E-state index contributed by atoms with van der Waals surface area (Å²) in [6.07, 6.45) is 1.57. The SMILES string of the molecule is O=[C]c1ccc(OCC(=O)O)cc1OCC(=O)O. The van der Waals surface area contributed by atoms with Crippen molar-refractivity contribution in [2.45, 2.75) is 0 Å². The summed E-state index contributed by atoms with van der Waals surface area (Å²) >= 11 is 0. The summed E-state index contributed by atoms with van der Waals surface area (Å²) in [5.41, 5.74) is 0.0268. The first-order chi connectivity index (χ1) is 8.52. The standard InChI is InChI=1S/C11H9O7/c12-4-7-1-2-8(17-5-10(13)14)3-9(7)18-6-11(15)16/h1-3H,5-6H2,(H,13,14)(H,15,16). The molecule has 0 saturated carbocycles. The molecule has 0 aromatic heterocycles. The Morgan fingerprint density at radius 2 is 1.72 bits per heavy atom. The maximum atomic E-state index is 10.6. The van der Waals surface area contributed by atoms with E-state index < -0.39 is 25.2 Å². The van der Waals surface area contributed by atoms with Crippen molar-refractivity contribution in [1.82, 2.24) is 0 Å². The predicted molar refractivity (Wildman–Crippen MR) is 57.5 cm³/mol. The van der Waals surface area contributed by atoms with Gasteiger partial charge in [-0.3, -0.25) is 4.79 Å². The fourth-order valence-electron chi connectivity index (χ4n) is 1.08. The van der Waals surface area contributed by atoms with Gasteiger partial charge in [0.2, 0.25) is 6.29 Å². The monoisotopic (exact) mass is 253 g/mol. The quantitative estimate of drug-likeness (QED) is 0.707. The van der Waals surface area contributed by atoms with E-state index in [1.165, 1.54) is 18.2 Å². The molecule has 0 aliphatic rings. The third-order valence-corrected chi connectivity index (χ3v) is 1.78. The minimum Gasteiger partial charge on any atom is -0.482 e. The highest BCUT2D eigenvalue weighted by molar-refractivity contribution is 5.80. The molecule has 0 aliphatic carbocycles. The number of carboxylic acid groups (broad SMARTS) is 2. The first-order valence-corrected chi connectivity index (χ1v) is 4.74. The molecule has 0 amide bonds. The second-order valence-electron chi connectivity index (χ2n) is 3.12. The van der Waals surface area contributed by atoms with E-state index in [9.17, 15) is 14.4 Å². The minimum atomic E-state index is -1.20. The molecule has 0 saturated heterocycles. The molecule has 1 aromatic rings. The summed E-state index contributed by atoms with van der Waals surface area (Å²) in [6.45, 7) is -1.18. The van der Waals surface area contributed by atoms with Gasteiger partial charge in [0.25, 0.3) is 0 Å². The van der Waals surface area contributed by atoms with E-state index in [-0.39, 0.29) is 17.1 Å². The first-order valence-electron chi connectivity index (χ1n) is 4.74. The van der Waals surface area contributed by atoms with Crippen molar-refractivity contribution in [3.05, 3.63) is 23.8 Å². The van der Waals surface area contributed by atoms with E-state index in [4.69, 9.17) is 19.7 Å². The molecule has 18 heavy (non-hydrogen) atoms. The van der Waals surface area contributed by atoms with Gasteiger partial charge in [0.1, 0.15) is 11.5 Å². The van der Waals surface area contributed by atoms with Gasteiger partial charge in [-0.25, -0.2) is 9.59 Å². The van der Waals surface area contributed by atoms with E-state index in [2.05, 4.69) is 0 Å². The predicted octanol–water partition coefficient (Wildman–Crippen LogP) is 0.0712. The van der Waals surface area contributed by atoms with Crippen LogP contribution in [0.2, 0.25) is 0 Å². The average Bonchev–Trinajstić information content (AvgIpc) is 2.33. The van der Waals surface area contributed by atoms with E-state index in [0.29, 0.717) is 0 Å². The van der Waals surface area contributed by atoms with Crippen LogP contribution in [0.3, 0.4) is 0 Å². The van der Waals surface area contributed by atoms with Gasteiger partial charge in [-0.1, -0.05) is 0 Å². The lowest BCUT2D eigenvalue weighted by Gasteiger charge is -2.08. The van der Waals surface area contributed by atoms with Crippen molar-refractivity contribution < 1.29 is 34.1 Å². The molecule has 1 aromatic carbocycles. The Morgan fingerprint density at radius 3 is 2.28 bits per heavy atom. The minimum absolute atomic E-state index is 0.0268. The Kier molecular flexibility index (Phi) is 4.67. The molecule has 0 heterocycles. The summed E-state index contributed by atoms with van der Waals surface area (Å²) in [5.74, 6) is -2.25. The van der Waals surface area contributed by atoms with Crippen LogP contribution in [0.4, 0.5) is 0 Å². The normalized spacial score (nSPS) is 9.56. The van der Waals surface area contributed by atoms with Crippen LogP contribution >= 0.6 is 0 Å². The molecule has 0 atom stereocenters. The molecule has 0 bridgehead atoms. The summed E-state index contributed by atoms with van der Waals surface area (Å²) in [7, 11) is 0. The fraction of sp³-hybridized carbons (Fsp3) is 0.182. The summed E-state index contributed by atoms with van der Waals surface area (Å²) in [4.78, 5) is 31.2. The highest BCUT2D eigenvalue weighted by Crippen LogP contribution is 2.23. The number of ether oxygens (including phenoxy) is 2. The number of rotatable bonds is 7. The van der Waals surface area contributed by atoms with Crippen molar-refractivity contribution in [3.8, 4) is 11.5 Å². The Morgan fingerprint density at radius 1 is 1.11 bits per heavy atom. The Bertz CT molecular complexity index is 466. The van der Waals surface area contributed by atoms with Crippen LogP contribution in [0.25, 0.3) is 0 Å². The van der Waals surface area contributed by atoms with Crippen molar-refractivity contribution in [3.63, 3.8) is 0 Å². The lowest BCUT2D eigenvalue weighted by molar-refractivity contribution is -0.140. The summed E-state index contributed by atoms with van der Waals surface area (Å²) in [6, 6.07) is 3.88. The zero-order valence-corrected chi connectivity index (χ0v) is 9.08. The molecular formula is C11H9O7. The number of hydrogen-bond donors (Lipinski definition) is 2. The molecule has 95 valence electrons. The Labute approximate surface area is 102 Å². The number of aliphatic carboxylic acids is 2. The zero-order chi connectivity index (χ0) is 13.5. The Hall–Kier alpha value is -2.57. The number of carboxylic acids is 2. The smallest absolute Gasteiger partial charge is 0.341 e. The number of carbonyl (C=O) groups excluding carboxylic acids is 1. The van der Waals surface area contributed by atoms with Gasteiger partial charge in [0, 0.05) is 6.07 Å². The van der Waals surface area contributed by atoms with Crippen LogP contribution in [0, 0.1) is 0 Å². The van der Waals surface area contributed by atoms with Gasteiger partial charge in [-0.05, 0) is 12.1 Å². The van der Waals surface area contributed by atoms with Crippen molar-refractivity contribution in [2.75, 3.05) is 13.2 Å². The largest absolute Gasteiger partial charge is 0.482 e. The number of carbonyl (C=O) groups is 2. The lowest BCUT2D eigenvalue weighted by Crippen LogP contribution is -2.12. The summed E-state index contributed by atoms with van der Waals surface area (Å²) in [5, 5.41) is 16.9. The van der Waals surface area contributed by atoms with Crippen molar-refractivity contribution in [2.24, 2.45) is 0 Å². The molecule has 0 aliphatic heterocycles. The van der Waals surface area contributed by atoms with Gasteiger partial charge in [0.15, 0.2) is 13.2 Å². The maximum absolute atomic E-state index is 10.6. The van der Waals surface area contributed by atoms with E-state index >= 15 is 0 Å². The molecule has 7 heteroatoms. The van der Waals surface area contributed by atoms with Crippen LogP contribution in [0.15, 0.2) is 18.2 Å². The van der Waals surface area contributed by atoms with Crippen LogP contribution in [0.1, 0.15) is 5.56 Å². The lowest BCUT2D eigenvalue weighted by atomic mass is 10.2. The van der Waals surface area contributed by atoms with Crippen LogP contribution in [-0.4, -0.2) is 41.7 Å². The van der Waals surface area contributed by atoms with Gasteiger partial charge in [-0.2, -0.15) is 0 Å². The van der Waals surface area contributed by atoms with Crippen molar-refractivity contribution >= 4 is 18.2 Å². The summed E-state index contributed by atoms with van der Waals surface area (Å²) < 4.78 is 9.71. The second kappa shape index (κ2) is 6.24. The van der Waals surface area contributed by atoms with Gasteiger partial charge >= 0.3 is 11.9 Å². The van der Waals surface area contributed by atoms with Gasteiger partial charge in [-0.15, -0.1) is 0 Å². The third-order valence-electron chi connectivity index (χ3n) is 1.78. The highest BCUT2D eigenvalue weighted by atomic mass is 16.5. The molecule has 7 nitrogen and oxygen atoms in total. The molecule has 0 fully saturated rings. The first kappa shape index (κ1) is 13.5. The fourth-order valence-corrected chi connectivity index (χ4v) is 1.08. The van der Waals surface area contributed by atoms with Crippen LogP contribution < -0.4 is 9.47 Å². The molecule has 1 radical (unpaired) electrons. The van der Waals surface area contributed by atoms with Crippen LogP contribution in [0.5, 0.6) is 11.5 Å². The Balaban J connectivity index is 2.83. The van der Waals surface area contributed by atoms with E-state index in [1.807, 2.05) is 0 Å². The van der Waals surface area contributed by atoms with E-state index in [1.54, 1.807) is 6.29 Å². The molecule has 2 N–H and O–H groups in total. The van der Waals surface area contributed by atoms with Crippen LogP contribution in [-0.2, 0) is 14.4 Å². The third kappa shape index (κ3) is 4.12. The molecule has 1 rings (SSSR count). The average molecular weight is 253 g/mol. The van der Waals surface area contributed by atoms with Crippen molar-refractivity contribution in [1.29, 1.82) is 0 Å². The molecular weight excluding hydrogens is 244 g/mol. The second-order valence-corrected chi connectivity index (χ2v) is 3.12. The van der Waals surface area contributed by atoms with E-state index in [0.717, 1.165) is 0 Å². The number of benzene rings is 1. The maximum Gasteiger partial charge on any atom is 0.341 e. The molecule has 0 spiro atoms. The van der Waals surface area contributed by atoms with Gasteiger partial charge in [0.05, 0.1) is 5.56 Å². The zero-order valence-electron chi connectivity index (χ0n) is 9.08.